The lowest BCUT2D eigenvalue weighted by molar-refractivity contribution is -0.144. The number of amides is 3. The molecular weight excluding hydrogens is 486 g/mol. The van der Waals surface area contributed by atoms with Crippen molar-refractivity contribution < 1.29 is 29.3 Å². The smallest absolute Gasteiger partial charge is 0.408 e. The Morgan fingerprint density at radius 2 is 1.66 bits per heavy atom. The fourth-order valence-corrected chi connectivity index (χ4v) is 4.00. The minimum absolute atomic E-state index is 0.0301. The van der Waals surface area contributed by atoms with Crippen LogP contribution in [0.15, 0.2) is 48.5 Å². The Morgan fingerprint density at radius 1 is 1.00 bits per heavy atom. The number of unbranched alkanes of at least 4 members (excludes halogenated alkanes) is 1. The maximum Gasteiger partial charge on any atom is 0.408 e. The lowest BCUT2D eigenvalue weighted by atomic mass is 9.98. The molecule has 0 aliphatic carbocycles. The van der Waals surface area contributed by atoms with Crippen molar-refractivity contribution in [3.05, 3.63) is 59.7 Å². The summed E-state index contributed by atoms with van der Waals surface area (Å²) in [6.45, 7) is 11.2. The summed E-state index contributed by atoms with van der Waals surface area (Å²) in [7, 11) is 0. The van der Waals surface area contributed by atoms with E-state index in [1.54, 1.807) is 58.9 Å². The van der Waals surface area contributed by atoms with Crippen molar-refractivity contribution in [3.8, 4) is 11.5 Å². The summed E-state index contributed by atoms with van der Waals surface area (Å²) in [4.78, 5) is 41.8. The number of nitrogens with zero attached hydrogens (tertiary/aromatic N) is 1. The highest BCUT2D eigenvalue weighted by Crippen LogP contribution is 2.28. The topological polar surface area (TPSA) is 128 Å². The first-order chi connectivity index (χ1) is 17.8. The van der Waals surface area contributed by atoms with Gasteiger partial charge in [-0.1, -0.05) is 37.6 Å². The molecule has 2 unspecified atom stereocenters. The summed E-state index contributed by atoms with van der Waals surface area (Å²) < 4.78 is 5.42. The van der Waals surface area contributed by atoms with Gasteiger partial charge in [-0.3, -0.25) is 9.59 Å². The highest BCUT2D eigenvalue weighted by molar-refractivity contribution is 5.92. The van der Waals surface area contributed by atoms with Gasteiger partial charge in [-0.25, -0.2) is 4.79 Å². The molecule has 0 aliphatic rings. The predicted octanol–water partition coefficient (Wildman–Crippen LogP) is 4.43. The number of ether oxygens (including phenoxy) is 1. The molecule has 0 heterocycles. The summed E-state index contributed by atoms with van der Waals surface area (Å²) >= 11 is 0. The van der Waals surface area contributed by atoms with Crippen molar-refractivity contribution >= 4 is 17.9 Å². The Balaban J connectivity index is 2.51. The molecule has 0 spiro atoms. The van der Waals surface area contributed by atoms with Crippen LogP contribution < -0.4 is 10.6 Å². The molecule has 2 aromatic rings. The van der Waals surface area contributed by atoms with E-state index in [2.05, 4.69) is 10.6 Å². The molecule has 0 radical (unpaired) electrons. The number of hydrogen-bond acceptors (Lipinski definition) is 6. The fraction of sp³-hybridized carbons (Fsp3) is 0.483. The summed E-state index contributed by atoms with van der Waals surface area (Å²) in [5, 5.41) is 25.4. The SMILES string of the molecule is CCCCNC(=O)C(c1cccc(O)c1)N(C(=O)C(Cc1ccc(O)cc1)NC(=O)OC(C)(C)C)C(C)C. The zero-order chi connectivity index (χ0) is 28.5. The van der Waals surface area contributed by atoms with E-state index in [4.69, 9.17) is 4.74 Å². The maximum absolute atomic E-state index is 14.2. The van der Waals surface area contributed by atoms with Gasteiger partial charge in [0.15, 0.2) is 0 Å². The second-order valence-electron chi connectivity index (χ2n) is 10.6. The molecule has 208 valence electrons. The number of aromatic hydroxyl groups is 2. The summed E-state index contributed by atoms with van der Waals surface area (Å²) in [6.07, 6.45) is 1.00. The van der Waals surface area contributed by atoms with Crippen LogP contribution in [-0.2, 0) is 20.7 Å². The van der Waals surface area contributed by atoms with E-state index in [0.717, 1.165) is 12.8 Å². The maximum atomic E-state index is 14.2. The van der Waals surface area contributed by atoms with Crippen molar-refractivity contribution in [2.75, 3.05) is 6.54 Å². The molecule has 38 heavy (non-hydrogen) atoms. The number of phenolic OH excluding ortho intramolecular Hbond substituents is 2. The van der Waals surface area contributed by atoms with Crippen molar-refractivity contribution in [2.24, 2.45) is 0 Å². The Morgan fingerprint density at radius 3 is 2.21 bits per heavy atom. The number of benzene rings is 2. The van der Waals surface area contributed by atoms with E-state index in [9.17, 15) is 24.6 Å². The second kappa shape index (κ2) is 13.7. The highest BCUT2D eigenvalue weighted by Gasteiger charge is 2.38. The Kier molecular flexibility index (Phi) is 11.0. The van der Waals surface area contributed by atoms with Gasteiger partial charge in [-0.05, 0) is 76.4 Å². The van der Waals surface area contributed by atoms with Crippen molar-refractivity contribution in [1.82, 2.24) is 15.5 Å². The lowest BCUT2D eigenvalue weighted by Crippen LogP contribution is -2.55. The molecule has 0 fully saturated rings. The van der Waals surface area contributed by atoms with Gasteiger partial charge in [0.2, 0.25) is 11.8 Å². The molecule has 2 rings (SSSR count). The number of alkyl carbamates (subject to hydrolysis) is 1. The van der Waals surface area contributed by atoms with Crippen LogP contribution >= 0.6 is 0 Å². The third-order valence-corrected chi connectivity index (χ3v) is 5.72. The molecule has 0 aliphatic heterocycles. The van der Waals surface area contributed by atoms with Crippen molar-refractivity contribution in [3.63, 3.8) is 0 Å². The first-order valence-electron chi connectivity index (χ1n) is 13.0. The van der Waals surface area contributed by atoms with E-state index in [1.165, 1.54) is 29.2 Å². The number of nitrogens with one attached hydrogen (secondary N) is 2. The molecule has 0 bridgehead atoms. The van der Waals surface area contributed by atoms with Gasteiger partial charge in [0.05, 0.1) is 0 Å². The highest BCUT2D eigenvalue weighted by atomic mass is 16.6. The van der Waals surface area contributed by atoms with Crippen LogP contribution in [-0.4, -0.2) is 57.3 Å². The fourth-order valence-electron chi connectivity index (χ4n) is 4.00. The zero-order valence-corrected chi connectivity index (χ0v) is 23.2. The zero-order valence-electron chi connectivity index (χ0n) is 23.2. The minimum Gasteiger partial charge on any atom is -0.508 e. The van der Waals surface area contributed by atoms with Crippen LogP contribution in [0.2, 0.25) is 0 Å². The molecule has 9 heteroatoms. The van der Waals surface area contributed by atoms with Crippen LogP contribution in [0.4, 0.5) is 4.79 Å². The lowest BCUT2D eigenvalue weighted by Gasteiger charge is -2.37. The molecular formula is C29H41N3O6. The largest absolute Gasteiger partial charge is 0.508 e. The Bertz CT molecular complexity index is 1080. The van der Waals surface area contributed by atoms with E-state index in [1.807, 2.05) is 6.92 Å². The third kappa shape index (κ3) is 9.28. The summed E-state index contributed by atoms with van der Waals surface area (Å²) in [5.41, 5.74) is 0.362. The van der Waals surface area contributed by atoms with Crippen molar-refractivity contribution in [1.29, 1.82) is 0 Å². The van der Waals surface area contributed by atoms with E-state index in [-0.39, 0.29) is 23.8 Å². The van der Waals surface area contributed by atoms with E-state index in [0.29, 0.717) is 17.7 Å². The average molecular weight is 528 g/mol. The molecule has 4 N–H and O–H groups in total. The molecule has 0 saturated carbocycles. The molecule has 0 aromatic heterocycles. The van der Waals surface area contributed by atoms with Crippen LogP contribution in [0.1, 0.15) is 71.6 Å². The van der Waals surface area contributed by atoms with Crippen LogP contribution in [0.25, 0.3) is 0 Å². The molecule has 0 saturated heterocycles. The number of rotatable bonds is 11. The summed E-state index contributed by atoms with van der Waals surface area (Å²) in [6, 6.07) is 10.0. The van der Waals surface area contributed by atoms with Gasteiger partial charge in [0, 0.05) is 19.0 Å². The second-order valence-corrected chi connectivity index (χ2v) is 10.6. The van der Waals surface area contributed by atoms with Gasteiger partial charge in [-0.2, -0.15) is 0 Å². The normalized spacial score (nSPS) is 12.9. The number of carbonyl (C=O) groups excluding carboxylic acids is 3. The summed E-state index contributed by atoms with van der Waals surface area (Å²) in [5.74, 6) is -0.824. The van der Waals surface area contributed by atoms with Gasteiger partial charge in [0.25, 0.3) is 0 Å². The Labute approximate surface area is 225 Å². The molecule has 9 nitrogen and oxygen atoms in total. The predicted molar refractivity (Wildman–Crippen MR) is 146 cm³/mol. The van der Waals surface area contributed by atoms with Crippen LogP contribution in [0.3, 0.4) is 0 Å². The average Bonchev–Trinajstić information content (AvgIpc) is 2.81. The van der Waals surface area contributed by atoms with E-state index >= 15 is 0 Å². The molecule has 3 amide bonds. The molecule has 2 atom stereocenters. The standard InChI is InChI=1S/C29H41N3O6/c1-7-8-16-30-26(35)25(21-10-9-11-23(34)18-21)32(19(2)3)27(36)24(31-28(37)38-29(4,5)6)17-20-12-14-22(33)15-13-20/h9-15,18-19,24-25,33-34H,7-8,16-17H2,1-6H3,(H,30,35)(H,31,37). The van der Waals surface area contributed by atoms with Crippen LogP contribution in [0, 0.1) is 0 Å². The first-order valence-corrected chi connectivity index (χ1v) is 13.0. The third-order valence-electron chi connectivity index (χ3n) is 5.72. The van der Waals surface area contributed by atoms with Gasteiger partial charge < -0.3 is 30.5 Å². The quantitative estimate of drug-likeness (QED) is 0.320. The van der Waals surface area contributed by atoms with Gasteiger partial charge >= 0.3 is 6.09 Å². The minimum atomic E-state index is -1.07. The number of phenols is 2. The first kappa shape index (κ1) is 30.5. The van der Waals surface area contributed by atoms with Gasteiger partial charge in [-0.15, -0.1) is 0 Å². The van der Waals surface area contributed by atoms with E-state index < -0.39 is 35.7 Å². The van der Waals surface area contributed by atoms with Gasteiger partial charge in [0.1, 0.15) is 29.2 Å². The Hall–Kier alpha value is -3.75. The monoisotopic (exact) mass is 527 g/mol. The molecule has 2 aromatic carbocycles. The van der Waals surface area contributed by atoms with Crippen LogP contribution in [0.5, 0.6) is 11.5 Å². The number of carbonyl (C=O) groups is 3. The number of hydrogen-bond donors (Lipinski definition) is 4. The van der Waals surface area contributed by atoms with Crippen molar-refractivity contribution in [2.45, 2.75) is 84.5 Å².